The summed E-state index contributed by atoms with van der Waals surface area (Å²) in [5, 5.41) is 0. The molecule has 0 aliphatic heterocycles. The number of nitrogens with zero attached hydrogens (tertiary/aromatic N) is 2. The molecule has 0 bridgehead atoms. The van der Waals surface area contributed by atoms with Crippen LogP contribution in [0.5, 0.6) is 0 Å². The smallest absolute Gasteiger partial charge is 0.244 e. The molecule has 0 atom stereocenters. The quantitative estimate of drug-likeness (QED) is 0.786. The van der Waals surface area contributed by atoms with Gasteiger partial charge in [0.1, 0.15) is 4.90 Å². The molecule has 0 saturated heterocycles. The third-order valence-electron chi connectivity index (χ3n) is 2.12. The van der Waals surface area contributed by atoms with E-state index in [0.717, 1.165) is 6.42 Å². The fourth-order valence-electron chi connectivity index (χ4n) is 1.39. The lowest BCUT2D eigenvalue weighted by molar-refractivity contribution is 0.417. The number of sulfonamides is 1. The van der Waals surface area contributed by atoms with Gasteiger partial charge in [0, 0.05) is 32.0 Å². The molecule has 0 saturated carbocycles. The maximum Gasteiger partial charge on any atom is 0.244 e. The molecular weight excluding hydrogens is 226 g/mol. The maximum atomic E-state index is 12.1. The van der Waals surface area contributed by atoms with E-state index in [0.29, 0.717) is 19.6 Å². The highest BCUT2D eigenvalue weighted by atomic mass is 32.2. The van der Waals surface area contributed by atoms with E-state index in [4.69, 9.17) is 5.73 Å². The second-order valence-electron chi connectivity index (χ2n) is 3.38. The van der Waals surface area contributed by atoms with Crippen LogP contribution < -0.4 is 5.73 Å². The Morgan fingerprint density at radius 2 is 2.19 bits per heavy atom. The first-order valence-electron chi connectivity index (χ1n) is 5.23. The average molecular weight is 243 g/mol. The highest BCUT2D eigenvalue weighted by Gasteiger charge is 2.22. The Labute approximate surface area is 96.3 Å². The van der Waals surface area contributed by atoms with Crippen LogP contribution in [0.4, 0.5) is 0 Å². The van der Waals surface area contributed by atoms with Crippen molar-refractivity contribution >= 4 is 10.0 Å². The first kappa shape index (κ1) is 13.1. The number of hydrogen-bond acceptors (Lipinski definition) is 4. The first-order chi connectivity index (χ1) is 7.62. The van der Waals surface area contributed by atoms with Crippen molar-refractivity contribution < 1.29 is 8.42 Å². The summed E-state index contributed by atoms with van der Waals surface area (Å²) in [5.41, 5.74) is 5.41. The Morgan fingerprint density at radius 3 is 2.69 bits per heavy atom. The molecule has 1 rings (SSSR count). The van der Waals surface area contributed by atoms with Gasteiger partial charge in [0.25, 0.3) is 0 Å². The van der Waals surface area contributed by atoms with E-state index in [1.54, 1.807) is 18.3 Å². The summed E-state index contributed by atoms with van der Waals surface area (Å²) in [6, 6.07) is 3.15. The van der Waals surface area contributed by atoms with E-state index < -0.39 is 10.0 Å². The Bertz CT molecular complexity index is 399. The Kier molecular flexibility index (Phi) is 4.85. The van der Waals surface area contributed by atoms with Gasteiger partial charge in [0.15, 0.2) is 0 Å². The average Bonchev–Trinajstić information content (AvgIpc) is 2.30. The molecule has 0 unspecified atom stereocenters. The minimum absolute atomic E-state index is 0.219. The molecule has 1 aromatic heterocycles. The van der Waals surface area contributed by atoms with E-state index >= 15 is 0 Å². The van der Waals surface area contributed by atoms with Crippen molar-refractivity contribution in [3.8, 4) is 0 Å². The van der Waals surface area contributed by atoms with Gasteiger partial charge in [-0.25, -0.2) is 8.42 Å². The van der Waals surface area contributed by atoms with Gasteiger partial charge >= 0.3 is 0 Å². The van der Waals surface area contributed by atoms with Crippen LogP contribution in [-0.4, -0.2) is 37.3 Å². The monoisotopic (exact) mass is 243 g/mol. The summed E-state index contributed by atoms with van der Waals surface area (Å²) < 4.78 is 25.7. The number of nitrogens with two attached hydrogens (primary N) is 1. The predicted molar refractivity (Wildman–Crippen MR) is 62.3 cm³/mol. The third kappa shape index (κ3) is 3.01. The molecule has 0 aromatic carbocycles. The zero-order valence-electron chi connectivity index (χ0n) is 9.33. The minimum atomic E-state index is -3.43. The van der Waals surface area contributed by atoms with E-state index in [9.17, 15) is 8.42 Å². The molecule has 2 N–H and O–H groups in total. The molecule has 0 aliphatic carbocycles. The second-order valence-corrected chi connectivity index (χ2v) is 5.32. The molecule has 16 heavy (non-hydrogen) atoms. The van der Waals surface area contributed by atoms with Crippen LogP contribution in [0.1, 0.15) is 13.3 Å². The van der Waals surface area contributed by atoms with E-state index in [1.165, 1.54) is 10.5 Å². The lowest BCUT2D eigenvalue weighted by atomic mass is 10.5. The van der Waals surface area contributed by atoms with Crippen LogP contribution in [-0.2, 0) is 10.0 Å². The largest absolute Gasteiger partial charge is 0.329 e. The molecular formula is C10H17N3O2S. The van der Waals surface area contributed by atoms with Crippen molar-refractivity contribution in [1.82, 2.24) is 9.29 Å². The van der Waals surface area contributed by atoms with Crippen molar-refractivity contribution in [2.24, 2.45) is 5.73 Å². The molecule has 1 aromatic rings. The second kappa shape index (κ2) is 5.93. The van der Waals surface area contributed by atoms with Crippen molar-refractivity contribution in [1.29, 1.82) is 0 Å². The summed E-state index contributed by atoms with van der Waals surface area (Å²) in [6.07, 6.45) is 3.67. The van der Waals surface area contributed by atoms with Gasteiger partial charge in [0.2, 0.25) is 10.0 Å². The fraction of sp³-hybridized carbons (Fsp3) is 0.500. The van der Waals surface area contributed by atoms with Gasteiger partial charge in [0.05, 0.1) is 0 Å². The fourth-order valence-corrected chi connectivity index (χ4v) is 2.91. The highest BCUT2D eigenvalue weighted by molar-refractivity contribution is 7.89. The van der Waals surface area contributed by atoms with Gasteiger partial charge in [-0.1, -0.05) is 6.92 Å². The minimum Gasteiger partial charge on any atom is -0.329 e. The summed E-state index contributed by atoms with van der Waals surface area (Å²) in [4.78, 5) is 4.04. The number of rotatable bonds is 6. The van der Waals surface area contributed by atoms with Gasteiger partial charge < -0.3 is 5.73 Å². The molecule has 0 amide bonds. The molecule has 0 aliphatic rings. The van der Waals surface area contributed by atoms with Crippen molar-refractivity contribution in [3.63, 3.8) is 0 Å². The Hall–Kier alpha value is -0.980. The maximum absolute atomic E-state index is 12.1. The van der Waals surface area contributed by atoms with E-state index in [2.05, 4.69) is 4.98 Å². The lowest BCUT2D eigenvalue weighted by Crippen LogP contribution is -2.36. The van der Waals surface area contributed by atoms with Gasteiger partial charge in [-0.2, -0.15) is 4.31 Å². The molecule has 1 heterocycles. The summed E-state index contributed by atoms with van der Waals surface area (Å²) in [6.45, 7) is 3.07. The molecule has 0 radical (unpaired) electrons. The standard InChI is InChI=1S/C10H17N3O2S/c1-2-7-13(8-5-11)16(14,15)10-4-3-6-12-9-10/h3-4,6,9H,2,5,7-8,11H2,1H3. The number of hydrogen-bond donors (Lipinski definition) is 1. The van der Waals surface area contributed by atoms with Gasteiger partial charge in [-0.3, -0.25) is 4.98 Å². The number of pyridine rings is 1. The lowest BCUT2D eigenvalue weighted by Gasteiger charge is -2.20. The van der Waals surface area contributed by atoms with Crippen LogP contribution in [0.15, 0.2) is 29.4 Å². The van der Waals surface area contributed by atoms with Crippen LogP contribution in [0.2, 0.25) is 0 Å². The summed E-state index contributed by atoms with van der Waals surface area (Å²) >= 11 is 0. The van der Waals surface area contributed by atoms with Gasteiger partial charge in [-0.05, 0) is 18.6 Å². The van der Waals surface area contributed by atoms with Crippen molar-refractivity contribution in [2.45, 2.75) is 18.2 Å². The number of aromatic nitrogens is 1. The summed E-state index contributed by atoms with van der Waals surface area (Å²) in [5.74, 6) is 0. The topological polar surface area (TPSA) is 76.3 Å². The summed E-state index contributed by atoms with van der Waals surface area (Å²) in [7, 11) is -3.43. The molecule has 0 fully saturated rings. The SMILES string of the molecule is CCCN(CCN)S(=O)(=O)c1cccnc1. The van der Waals surface area contributed by atoms with Crippen LogP contribution >= 0.6 is 0 Å². The molecule has 0 spiro atoms. The third-order valence-corrected chi connectivity index (χ3v) is 4.01. The molecule has 6 heteroatoms. The zero-order chi connectivity index (χ0) is 12.0. The normalized spacial score (nSPS) is 11.9. The molecule has 90 valence electrons. The van der Waals surface area contributed by atoms with E-state index in [-0.39, 0.29) is 4.90 Å². The Balaban J connectivity index is 2.98. The zero-order valence-corrected chi connectivity index (χ0v) is 10.2. The Morgan fingerprint density at radius 1 is 1.44 bits per heavy atom. The van der Waals surface area contributed by atoms with Crippen molar-refractivity contribution in [2.75, 3.05) is 19.6 Å². The predicted octanol–water partition coefficient (Wildman–Crippen LogP) is 0.441. The van der Waals surface area contributed by atoms with Crippen LogP contribution in [0.3, 0.4) is 0 Å². The van der Waals surface area contributed by atoms with Crippen LogP contribution in [0.25, 0.3) is 0 Å². The van der Waals surface area contributed by atoms with Gasteiger partial charge in [-0.15, -0.1) is 0 Å². The highest BCUT2D eigenvalue weighted by Crippen LogP contribution is 2.13. The van der Waals surface area contributed by atoms with E-state index in [1.807, 2.05) is 6.92 Å². The first-order valence-corrected chi connectivity index (χ1v) is 6.67. The van der Waals surface area contributed by atoms with Crippen molar-refractivity contribution in [3.05, 3.63) is 24.5 Å². The van der Waals surface area contributed by atoms with Crippen LogP contribution in [0, 0.1) is 0 Å². The molecule has 5 nitrogen and oxygen atoms in total.